The van der Waals surface area contributed by atoms with E-state index in [1.165, 1.54) is 27.0 Å². The predicted molar refractivity (Wildman–Crippen MR) is 70.5 cm³/mol. The molecule has 0 aliphatic rings. The van der Waals surface area contributed by atoms with E-state index in [9.17, 15) is 13.5 Å². The van der Waals surface area contributed by atoms with Crippen molar-refractivity contribution in [3.63, 3.8) is 0 Å². The topological polar surface area (TPSA) is 57.6 Å². The molecule has 98 valence electrons. The van der Waals surface area contributed by atoms with Crippen LogP contribution >= 0.6 is 34.5 Å². The quantitative estimate of drug-likeness (QED) is 0.928. The molecular weight excluding hydrogens is 305 g/mol. The Bertz CT molecular complexity index is 505. The monoisotopic (exact) mass is 317 g/mol. The van der Waals surface area contributed by atoms with Gasteiger partial charge >= 0.3 is 0 Å². The zero-order valence-electron chi connectivity index (χ0n) is 9.57. The van der Waals surface area contributed by atoms with E-state index in [-0.39, 0.29) is 15.8 Å². The molecule has 1 N–H and O–H groups in total. The van der Waals surface area contributed by atoms with E-state index < -0.39 is 15.6 Å². The summed E-state index contributed by atoms with van der Waals surface area (Å²) >= 11 is 12.5. The minimum absolute atomic E-state index is 0.0269. The molecule has 1 aromatic heterocycles. The molecule has 0 atom stereocenters. The van der Waals surface area contributed by atoms with E-state index in [0.29, 0.717) is 4.34 Å². The lowest BCUT2D eigenvalue weighted by Crippen LogP contribution is -2.39. The Morgan fingerprint density at radius 2 is 2.00 bits per heavy atom. The SMILES string of the molecule is CN(CC(C)(C)O)S(=O)(=O)c1cc(Cl)sc1Cl. The number of rotatable bonds is 4. The lowest BCUT2D eigenvalue weighted by atomic mass is 10.1. The van der Waals surface area contributed by atoms with E-state index in [1.807, 2.05) is 0 Å². The van der Waals surface area contributed by atoms with Crippen LogP contribution in [0, 0.1) is 0 Å². The Morgan fingerprint density at radius 1 is 1.47 bits per heavy atom. The van der Waals surface area contributed by atoms with Gasteiger partial charge in [-0.25, -0.2) is 8.42 Å². The highest BCUT2D eigenvalue weighted by Gasteiger charge is 2.29. The molecule has 0 radical (unpaired) electrons. The van der Waals surface area contributed by atoms with E-state index in [1.54, 1.807) is 0 Å². The molecule has 0 saturated carbocycles. The maximum absolute atomic E-state index is 12.1. The molecule has 0 fully saturated rings. The van der Waals surface area contributed by atoms with Crippen LogP contribution in [0.3, 0.4) is 0 Å². The van der Waals surface area contributed by atoms with E-state index >= 15 is 0 Å². The third kappa shape index (κ3) is 3.81. The van der Waals surface area contributed by atoms with Crippen LogP contribution < -0.4 is 0 Å². The average Bonchev–Trinajstić information content (AvgIpc) is 2.42. The molecule has 0 bridgehead atoms. The van der Waals surface area contributed by atoms with Gasteiger partial charge in [-0.3, -0.25) is 0 Å². The van der Waals surface area contributed by atoms with Gasteiger partial charge in [0.1, 0.15) is 9.23 Å². The molecule has 1 rings (SSSR count). The molecular formula is C9H13Cl2NO3S2. The zero-order valence-corrected chi connectivity index (χ0v) is 12.7. The highest BCUT2D eigenvalue weighted by Crippen LogP contribution is 2.35. The molecule has 0 spiro atoms. The molecule has 17 heavy (non-hydrogen) atoms. The summed E-state index contributed by atoms with van der Waals surface area (Å²) in [5, 5.41) is 9.61. The zero-order chi connectivity index (χ0) is 13.4. The van der Waals surface area contributed by atoms with Crippen LogP contribution in [-0.2, 0) is 10.0 Å². The standard InChI is InChI=1S/C9H13Cl2NO3S2/c1-9(2,13)5-12(3)17(14,15)6-4-7(10)16-8(6)11/h4,13H,5H2,1-3H3. The van der Waals surface area contributed by atoms with Crippen molar-refractivity contribution in [3.8, 4) is 0 Å². The summed E-state index contributed by atoms with van der Waals surface area (Å²) in [7, 11) is -2.33. The van der Waals surface area contributed by atoms with Crippen molar-refractivity contribution < 1.29 is 13.5 Å². The van der Waals surface area contributed by atoms with Crippen molar-refractivity contribution in [2.45, 2.75) is 24.3 Å². The summed E-state index contributed by atoms with van der Waals surface area (Å²) in [6.07, 6.45) is 0. The van der Waals surface area contributed by atoms with Gasteiger partial charge in [-0.15, -0.1) is 11.3 Å². The molecule has 0 unspecified atom stereocenters. The van der Waals surface area contributed by atoms with Crippen molar-refractivity contribution in [1.82, 2.24) is 4.31 Å². The van der Waals surface area contributed by atoms with Gasteiger partial charge in [0.15, 0.2) is 0 Å². The number of nitrogens with zero attached hydrogens (tertiary/aromatic N) is 1. The summed E-state index contributed by atoms with van der Waals surface area (Å²) in [6.45, 7) is 3.03. The number of aliphatic hydroxyl groups is 1. The number of thiophene rings is 1. The van der Waals surface area contributed by atoms with Crippen molar-refractivity contribution in [3.05, 3.63) is 14.7 Å². The van der Waals surface area contributed by atoms with Crippen LogP contribution in [0.25, 0.3) is 0 Å². The second-order valence-corrected chi connectivity index (χ2v) is 8.56. The molecule has 0 amide bonds. The molecule has 1 aromatic rings. The first-order chi connectivity index (χ1) is 7.54. The maximum atomic E-state index is 12.1. The smallest absolute Gasteiger partial charge is 0.245 e. The first-order valence-electron chi connectivity index (χ1n) is 4.67. The van der Waals surface area contributed by atoms with Gasteiger partial charge in [-0.1, -0.05) is 23.2 Å². The largest absolute Gasteiger partial charge is 0.389 e. The van der Waals surface area contributed by atoms with Crippen molar-refractivity contribution >= 4 is 44.6 Å². The molecule has 1 heterocycles. The Balaban J connectivity index is 3.08. The van der Waals surface area contributed by atoms with E-state index in [0.717, 1.165) is 15.6 Å². The average molecular weight is 318 g/mol. The first kappa shape index (κ1) is 15.2. The summed E-state index contributed by atoms with van der Waals surface area (Å²) in [5.74, 6) is 0. The van der Waals surface area contributed by atoms with E-state index in [2.05, 4.69) is 0 Å². The van der Waals surface area contributed by atoms with Gasteiger partial charge in [0.25, 0.3) is 0 Å². The fourth-order valence-electron chi connectivity index (χ4n) is 1.30. The van der Waals surface area contributed by atoms with Crippen LogP contribution in [-0.4, -0.2) is 37.0 Å². The molecule has 0 aliphatic carbocycles. The fraction of sp³-hybridized carbons (Fsp3) is 0.556. The number of likely N-dealkylation sites (N-methyl/N-ethyl adjacent to an activating group) is 1. The normalized spacial score (nSPS) is 13.4. The van der Waals surface area contributed by atoms with Gasteiger partial charge in [-0.05, 0) is 19.9 Å². The lowest BCUT2D eigenvalue weighted by Gasteiger charge is -2.24. The van der Waals surface area contributed by atoms with Crippen LogP contribution in [0.15, 0.2) is 11.0 Å². The molecule has 0 saturated heterocycles. The van der Waals surface area contributed by atoms with Gasteiger partial charge in [-0.2, -0.15) is 4.31 Å². The van der Waals surface area contributed by atoms with Crippen molar-refractivity contribution in [2.75, 3.05) is 13.6 Å². The molecule has 8 heteroatoms. The molecule has 0 aromatic carbocycles. The fourth-order valence-corrected chi connectivity index (χ4v) is 4.73. The van der Waals surface area contributed by atoms with Crippen LogP contribution in [0.5, 0.6) is 0 Å². The van der Waals surface area contributed by atoms with Gasteiger partial charge < -0.3 is 5.11 Å². The lowest BCUT2D eigenvalue weighted by molar-refractivity contribution is 0.0640. The van der Waals surface area contributed by atoms with E-state index in [4.69, 9.17) is 23.2 Å². The van der Waals surface area contributed by atoms with Crippen LogP contribution in [0.2, 0.25) is 8.67 Å². The van der Waals surface area contributed by atoms with Crippen LogP contribution in [0.4, 0.5) is 0 Å². The highest BCUT2D eigenvalue weighted by molar-refractivity contribution is 7.89. The number of sulfonamides is 1. The Hall–Kier alpha value is 0.150. The third-order valence-corrected chi connectivity index (χ3v) is 5.48. The van der Waals surface area contributed by atoms with Crippen LogP contribution in [0.1, 0.15) is 13.8 Å². The molecule has 4 nitrogen and oxygen atoms in total. The van der Waals surface area contributed by atoms with Crippen molar-refractivity contribution in [1.29, 1.82) is 0 Å². The van der Waals surface area contributed by atoms with Crippen molar-refractivity contribution in [2.24, 2.45) is 0 Å². The summed E-state index contributed by atoms with van der Waals surface area (Å²) in [4.78, 5) is -0.0269. The second kappa shape index (κ2) is 5.03. The Labute approximate surface area is 115 Å². The Kier molecular flexibility index (Phi) is 4.50. The number of hydrogen-bond acceptors (Lipinski definition) is 4. The number of halogens is 2. The minimum Gasteiger partial charge on any atom is -0.389 e. The highest BCUT2D eigenvalue weighted by atomic mass is 35.5. The molecule has 0 aliphatic heterocycles. The number of hydrogen-bond donors (Lipinski definition) is 1. The second-order valence-electron chi connectivity index (χ2n) is 4.26. The van der Waals surface area contributed by atoms with Gasteiger partial charge in [0.2, 0.25) is 10.0 Å². The summed E-state index contributed by atoms with van der Waals surface area (Å²) in [6, 6.07) is 1.31. The third-order valence-electron chi connectivity index (χ3n) is 1.92. The first-order valence-corrected chi connectivity index (χ1v) is 7.69. The summed E-state index contributed by atoms with van der Waals surface area (Å²) in [5.41, 5.74) is -1.12. The van der Waals surface area contributed by atoms with Gasteiger partial charge in [0.05, 0.1) is 9.94 Å². The maximum Gasteiger partial charge on any atom is 0.245 e. The van der Waals surface area contributed by atoms with Gasteiger partial charge in [0, 0.05) is 13.6 Å². The summed E-state index contributed by atoms with van der Waals surface area (Å²) < 4.78 is 25.7. The minimum atomic E-state index is -3.71. The Morgan fingerprint density at radius 3 is 2.35 bits per heavy atom. The predicted octanol–water partition coefficient (Wildman–Crippen LogP) is 2.45.